The normalized spacial score (nSPS) is 12.8. The number of aromatic nitrogens is 1. The Hall–Kier alpha value is -1.14. The average molecular weight is 257 g/mol. The number of rotatable bonds is 5. The van der Waals surface area contributed by atoms with Crippen LogP contribution in [-0.4, -0.2) is 28.6 Å². The molecule has 0 saturated carbocycles. The van der Waals surface area contributed by atoms with E-state index in [1.165, 1.54) is 0 Å². The second-order valence-corrected chi connectivity index (χ2v) is 5.49. The minimum absolute atomic E-state index is 0.223. The van der Waals surface area contributed by atoms with Crippen LogP contribution in [0, 0.1) is 12.8 Å². The number of hydrogen-bond acceptors (Lipinski definition) is 5. The lowest BCUT2D eigenvalue weighted by Crippen LogP contribution is -2.32. The molecule has 0 radical (unpaired) electrons. The van der Waals surface area contributed by atoms with Crippen molar-refractivity contribution in [1.82, 2.24) is 10.3 Å². The molecule has 0 aliphatic carbocycles. The van der Waals surface area contributed by atoms with Crippen molar-refractivity contribution in [2.24, 2.45) is 5.92 Å². The Kier molecular flexibility index (Phi) is 4.89. The lowest BCUT2D eigenvalue weighted by Gasteiger charge is -2.13. The molecule has 5 nitrogen and oxygen atoms in total. The summed E-state index contributed by atoms with van der Waals surface area (Å²) in [5.41, 5.74) is 6.15. The van der Waals surface area contributed by atoms with Gasteiger partial charge in [-0.05, 0) is 19.3 Å². The number of thiazole rings is 1. The van der Waals surface area contributed by atoms with Crippen molar-refractivity contribution in [2.45, 2.75) is 33.3 Å². The first kappa shape index (κ1) is 13.9. The third kappa shape index (κ3) is 4.32. The number of anilines is 1. The molecule has 17 heavy (non-hydrogen) atoms. The molecule has 4 N–H and O–H groups in total. The summed E-state index contributed by atoms with van der Waals surface area (Å²) in [6, 6.07) is 0. The summed E-state index contributed by atoms with van der Waals surface area (Å²) in [6.07, 6.45) is 0.161. The van der Waals surface area contributed by atoms with Crippen molar-refractivity contribution in [3.8, 4) is 0 Å². The molecular formula is C11H19N3O2S. The topological polar surface area (TPSA) is 88.2 Å². The number of nitrogens with one attached hydrogen (secondary N) is 1. The van der Waals surface area contributed by atoms with Gasteiger partial charge in [0.15, 0.2) is 5.13 Å². The third-order valence-electron chi connectivity index (χ3n) is 2.26. The summed E-state index contributed by atoms with van der Waals surface area (Å²) >= 11 is 1.16. The molecule has 1 amide bonds. The number of aliphatic hydroxyl groups is 1. The summed E-state index contributed by atoms with van der Waals surface area (Å²) in [5.74, 6) is 0.183. The van der Waals surface area contributed by atoms with Crippen LogP contribution in [0.4, 0.5) is 5.13 Å². The van der Waals surface area contributed by atoms with Crippen molar-refractivity contribution in [3.63, 3.8) is 0 Å². The van der Waals surface area contributed by atoms with E-state index in [2.05, 4.69) is 10.3 Å². The SMILES string of the molecule is Cc1nc(N)sc1C(=O)NCC(O)CC(C)C. The van der Waals surface area contributed by atoms with E-state index < -0.39 is 6.10 Å². The quantitative estimate of drug-likeness (QED) is 0.739. The molecular weight excluding hydrogens is 238 g/mol. The Morgan fingerprint density at radius 2 is 2.24 bits per heavy atom. The van der Waals surface area contributed by atoms with Crippen molar-refractivity contribution in [2.75, 3.05) is 12.3 Å². The Morgan fingerprint density at radius 1 is 1.59 bits per heavy atom. The first-order valence-electron chi connectivity index (χ1n) is 5.59. The predicted molar refractivity (Wildman–Crippen MR) is 69.1 cm³/mol. The van der Waals surface area contributed by atoms with Crippen molar-refractivity contribution >= 4 is 22.4 Å². The largest absolute Gasteiger partial charge is 0.391 e. The summed E-state index contributed by atoms with van der Waals surface area (Å²) in [5, 5.41) is 12.7. The monoisotopic (exact) mass is 257 g/mol. The van der Waals surface area contributed by atoms with Crippen molar-refractivity contribution < 1.29 is 9.90 Å². The Labute approximate surface area is 105 Å². The maximum atomic E-state index is 11.8. The van der Waals surface area contributed by atoms with Crippen LogP contribution in [0.5, 0.6) is 0 Å². The number of carbonyl (C=O) groups is 1. The van der Waals surface area contributed by atoms with E-state index in [0.29, 0.717) is 28.0 Å². The van der Waals surface area contributed by atoms with Gasteiger partial charge in [-0.3, -0.25) is 4.79 Å². The molecule has 0 spiro atoms. The summed E-state index contributed by atoms with van der Waals surface area (Å²) in [7, 11) is 0. The molecule has 1 unspecified atom stereocenters. The Balaban J connectivity index is 2.47. The van der Waals surface area contributed by atoms with Gasteiger partial charge in [0.25, 0.3) is 5.91 Å². The lowest BCUT2D eigenvalue weighted by molar-refractivity contribution is 0.0903. The number of nitrogens with zero attached hydrogens (tertiary/aromatic N) is 1. The van der Waals surface area contributed by atoms with E-state index in [4.69, 9.17) is 5.73 Å². The molecule has 0 aromatic carbocycles. The lowest BCUT2D eigenvalue weighted by atomic mass is 10.1. The van der Waals surface area contributed by atoms with E-state index in [0.717, 1.165) is 11.3 Å². The minimum Gasteiger partial charge on any atom is -0.391 e. The molecule has 1 rings (SSSR count). The second-order valence-electron chi connectivity index (χ2n) is 4.46. The maximum Gasteiger partial charge on any atom is 0.263 e. The van der Waals surface area contributed by atoms with Crippen LogP contribution in [0.3, 0.4) is 0 Å². The molecule has 1 aromatic heterocycles. The molecule has 0 bridgehead atoms. The average Bonchev–Trinajstić information content (AvgIpc) is 2.53. The van der Waals surface area contributed by atoms with E-state index >= 15 is 0 Å². The highest BCUT2D eigenvalue weighted by Crippen LogP contribution is 2.19. The third-order valence-corrected chi connectivity index (χ3v) is 3.25. The number of nitrogens with two attached hydrogens (primary N) is 1. The van der Waals surface area contributed by atoms with E-state index in [1.54, 1.807) is 6.92 Å². The Bertz CT molecular complexity index is 390. The molecule has 1 aromatic rings. The molecule has 0 saturated heterocycles. The van der Waals surface area contributed by atoms with Gasteiger partial charge in [0.05, 0.1) is 11.8 Å². The molecule has 6 heteroatoms. The second kappa shape index (κ2) is 5.97. The van der Waals surface area contributed by atoms with Crippen LogP contribution in [0.25, 0.3) is 0 Å². The predicted octanol–water partition coefficient (Wildman–Crippen LogP) is 1.17. The standard InChI is InChI=1S/C11H19N3O2S/c1-6(2)4-8(15)5-13-10(16)9-7(3)14-11(12)17-9/h6,8,15H,4-5H2,1-3H3,(H2,12,14)(H,13,16). The summed E-state index contributed by atoms with van der Waals surface area (Å²) in [6.45, 7) is 6.05. The van der Waals surface area contributed by atoms with Crippen molar-refractivity contribution in [3.05, 3.63) is 10.6 Å². The molecule has 0 fully saturated rings. The molecule has 96 valence electrons. The van der Waals surface area contributed by atoms with Crippen LogP contribution < -0.4 is 11.1 Å². The zero-order chi connectivity index (χ0) is 13.0. The van der Waals surface area contributed by atoms with Gasteiger partial charge in [-0.1, -0.05) is 25.2 Å². The molecule has 1 atom stereocenters. The first-order valence-corrected chi connectivity index (χ1v) is 6.41. The fraction of sp³-hybridized carbons (Fsp3) is 0.636. The fourth-order valence-electron chi connectivity index (χ4n) is 1.55. The highest BCUT2D eigenvalue weighted by Gasteiger charge is 2.15. The smallest absolute Gasteiger partial charge is 0.263 e. The highest BCUT2D eigenvalue weighted by atomic mass is 32.1. The van der Waals surface area contributed by atoms with Crippen molar-refractivity contribution in [1.29, 1.82) is 0 Å². The summed E-state index contributed by atoms with van der Waals surface area (Å²) in [4.78, 5) is 16.3. The van der Waals surface area contributed by atoms with Gasteiger partial charge in [-0.25, -0.2) is 4.98 Å². The number of amides is 1. The van der Waals surface area contributed by atoms with Crippen LogP contribution >= 0.6 is 11.3 Å². The number of carbonyl (C=O) groups excluding carboxylic acids is 1. The first-order chi connectivity index (χ1) is 7.90. The van der Waals surface area contributed by atoms with Gasteiger partial charge in [0.2, 0.25) is 0 Å². The van der Waals surface area contributed by atoms with E-state index in [-0.39, 0.29) is 12.5 Å². The Morgan fingerprint density at radius 3 is 2.71 bits per heavy atom. The maximum absolute atomic E-state index is 11.8. The number of aliphatic hydroxyl groups excluding tert-OH is 1. The zero-order valence-electron chi connectivity index (χ0n) is 10.4. The molecule has 0 aliphatic rings. The number of nitrogen functional groups attached to an aromatic ring is 1. The van der Waals surface area contributed by atoms with Gasteiger partial charge in [0.1, 0.15) is 4.88 Å². The molecule has 1 heterocycles. The van der Waals surface area contributed by atoms with Gasteiger partial charge >= 0.3 is 0 Å². The van der Waals surface area contributed by atoms with Gasteiger partial charge < -0.3 is 16.2 Å². The minimum atomic E-state index is -0.510. The van der Waals surface area contributed by atoms with Gasteiger partial charge in [-0.2, -0.15) is 0 Å². The van der Waals surface area contributed by atoms with Crippen LogP contribution in [0.1, 0.15) is 35.6 Å². The summed E-state index contributed by atoms with van der Waals surface area (Å²) < 4.78 is 0. The van der Waals surface area contributed by atoms with Crippen LogP contribution in [0.2, 0.25) is 0 Å². The highest BCUT2D eigenvalue weighted by molar-refractivity contribution is 7.17. The van der Waals surface area contributed by atoms with Gasteiger partial charge in [-0.15, -0.1) is 0 Å². The number of hydrogen-bond donors (Lipinski definition) is 3. The van der Waals surface area contributed by atoms with E-state index in [1.807, 2.05) is 13.8 Å². The number of aryl methyl sites for hydroxylation is 1. The van der Waals surface area contributed by atoms with Gasteiger partial charge in [0, 0.05) is 6.54 Å². The zero-order valence-corrected chi connectivity index (χ0v) is 11.2. The molecule has 0 aliphatic heterocycles. The van der Waals surface area contributed by atoms with E-state index in [9.17, 15) is 9.90 Å². The fourth-order valence-corrected chi connectivity index (χ4v) is 2.30. The van der Waals surface area contributed by atoms with Crippen LogP contribution in [-0.2, 0) is 0 Å². The van der Waals surface area contributed by atoms with Crippen LogP contribution in [0.15, 0.2) is 0 Å².